The molecule has 2 atom stereocenters. The van der Waals surface area contributed by atoms with Crippen molar-refractivity contribution in [2.75, 3.05) is 39.8 Å². The van der Waals surface area contributed by atoms with Gasteiger partial charge in [0.1, 0.15) is 0 Å². The second-order valence-corrected chi connectivity index (χ2v) is 4.48. The van der Waals surface area contributed by atoms with Crippen molar-refractivity contribution in [3.8, 4) is 0 Å². The van der Waals surface area contributed by atoms with Crippen LogP contribution in [-0.4, -0.2) is 50.8 Å². The summed E-state index contributed by atoms with van der Waals surface area (Å²) in [5.41, 5.74) is 0. The third kappa shape index (κ3) is 4.49. The van der Waals surface area contributed by atoms with Gasteiger partial charge in [0.25, 0.3) is 0 Å². The average Bonchev–Trinajstić information content (AvgIpc) is 2.65. The van der Waals surface area contributed by atoms with Crippen LogP contribution in [0.5, 0.6) is 0 Å². The zero-order valence-electron chi connectivity index (χ0n) is 10.5. The normalized spacial score (nSPS) is 26.4. The summed E-state index contributed by atoms with van der Waals surface area (Å²) < 4.78 is 5.70. The fourth-order valence-electron chi connectivity index (χ4n) is 2.29. The number of hydrogen-bond donors (Lipinski definition) is 1. The molecule has 0 bridgehead atoms. The minimum absolute atomic E-state index is 0.506. The first-order valence-electron chi connectivity index (χ1n) is 6.28. The van der Waals surface area contributed by atoms with E-state index < -0.39 is 0 Å². The molecule has 3 heteroatoms. The van der Waals surface area contributed by atoms with Crippen LogP contribution in [-0.2, 0) is 4.74 Å². The first kappa shape index (κ1) is 12.9. The molecule has 0 aromatic carbocycles. The van der Waals surface area contributed by atoms with Gasteiger partial charge in [0.05, 0.1) is 6.10 Å². The van der Waals surface area contributed by atoms with Crippen molar-refractivity contribution in [2.45, 2.75) is 32.8 Å². The van der Waals surface area contributed by atoms with Crippen LogP contribution in [0.3, 0.4) is 0 Å². The first-order chi connectivity index (χ1) is 7.27. The Bertz CT molecular complexity index is 164. The van der Waals surface area contributed by atoms with Gasteiger partial charge in [-0.1, -0.05) is 13.8 Å². The van der Waals surface area contributed by atoms with Crippen LogP contribution in [0.25, 0.3) is 0 Å². The lowest BCUT2D eigenvalue weighted by Crippen LogP contribution is -2.34. The third-order valence-corrected chi connectivity index (χ3v) is 3.22. The Balaban J connectivity index is 2.15. The molecular formula is C12H26N2O. The molecule has 0 aliphatic carbocycles. The van der Waals surface area contributed by atoms with E-state index in [4.69, 9.17) is 4.74 Å². The molecule has 1 saturated heterocycles. The average molecular weight is 214 g/mol. The summed E-state index contributed by atoms with van der Waals surface area (Å²) in [6.07, 6.45) is 2.90. The van der Waals surface area contributed by atoms with Crippen LogP contribution in [0.1, 0.15) is 26.7 Å². The second-order valence-electron chi connectivity index (χ2n) is 4.48. The largest absolute Gasteiger partial charge is 0.378 e. The SMILES string of the molecule is CCNCCN(C)CC1CCOC1CC. The van der Waals surface area contributed by atoms with Crippen molar-refractivity contribution in [2.24, 2.45) is 5.92 Å². The van der Waals surface area contributed by atoms with Gasteiger partial charge in [-0.25, -0.2) is 0 Å². The predicted molar refractivity (Wildman–Crippen MR) is 64.2 cm³/mol. The van der Waals surface area contributed by atoms with Crippen LogP contribution < -0.4 is 5.32 Å². The van der Waals surface area contributed by atoms with E-state index in [0.29, 0.717) is 6.10 Å². The number of likely N-dealkylation sites (N-methyl/N-ethyl adjacent to an activating group) is 2. The Morgan fingerprint density at radius 3 is 2.87 bits per heavy atom. The van der Waals surface area contributed by atoms with Gasteiger partial charge in [-0.3, -0.25) is 0 Å². The maximum absolute atomic E-state index is 5.70. The summed E-state index contributed by atoms with van der Waals surface area (Å²) in [7, 11) is 2.21. The van der Waals surface area contributed by atoms with Crippen LogP contribution in [0.2, 0.25) is 0 Å². The quantitative estimate of drug-likeness (QED) is 0.647. The topological polar surface area (TPSA) is 24.5 Å². The fourth-order valence-corrected chi connectivity index (χ4v) is 2.29. The molecule has 2 unspecified atom stereocenters. The molecular weight excluding hydrogens is 188 g/mol. The first-order valence-corrected chi connectivity index (χ1v) is 6.28. The summed E-state index contributed by atoms with van der Waals surface area (Å²) in [5.74, 6) is 0.752. The van der Waals surface area contributed by atoms with Crippen molar-refractivity contribution in [1.29, 1.82) is 0 Å². The number of nitrogens with zero attached hydrogens (tertiary/aromatic N) is 1. The highest BCUT2D eigenvalue weighted by molar-refractivity contribution is 4.77. The smallest absolute Gasteiger partial charge is 0.0613 e. The highest BCUT2D eigenvalue weighted by atomic mass is 16.5. The summed E-state index contributed by atoms with van der Waals surface area (Å²) >= 11 is 0. The van der Waals surface area contributed by atoms with E-state index >= 15 is 0 Å². The van der Waals surface area contributed by atoms with Gasteiger partial charge in [-0.15, -0.1) is 0 Å². The molecule has 0 aromatic rings. The number of hydrogen-bond acceptors (Lipinski definition) is 3. The lowest BCUT2D eigenvalue weighted by Gasteiger charge is -2.23. The molecule has 1 rings (SSSR count). The summed E-state index contributed by atoms with van der Waals surface area (Å²) in [6.45, 7) is 9.82. The Hall–Kier alpha value is -0.120. The second kappa shape index (κ2) is 7.20. The molecule has 0 aromatic heterocycles. The molecule has 15 heavy (non-hydrogen) atoms. The van der Waals surface area contributed by atoms with E-state index in [1.807, 2.05) is 0 Å². The molecule has 1 N–H and O–H groups in total. The van der Waals surface area contributed by atoms with Crippen molar-refractivity contribution in [1.82, 2.24) is 10.2 Å². The molecule has 90 valence electrons. The lowest BCUT2D eigenvalue weighted by atomic mass is 9.99. The number of ether oxygens (including phenoxy) is 1. The van der Waals surface area contributed by atoms with E-state index in [9.17, 15) is 0 Å². The molecule has 1 aliphatic heterocycles. The standard InChI is InChI=1S/C12H26N2O/c1-4-12-11(6-9-15-12)10-14(3)8-7-13-5-2/h11-13H,4-10H2,1-3H3. The molecule has 1 heterocycles. The maximum Gasteiger partial charge on any atom is 0.0613 e. The van der Waals surface area contributed by atoms with Gasteiger partial charge in [0.15, 0.2) is 0 Å². The minimum Gasteiger partial charge on any atom is -0.378 e. The molecule has 0 spiro atoms. The highest BCUT2D eigenvalue weighted by Crippen LogP contribution is 2.23. The number of rotatable bonds is 7. The monoisotopic (exact) mass is 214 g/mol. The highest BCUT2D eigenvalue weighted by Gasteiger charge is 2.27. The summed E-state index contributed by atoms with van der Waals surface area (Å²) in [6, 6.07) is 0. The molecule has 1 fully saturated rings. The van der Waals surface area contributed by atoms with Gasteiger partial charge >= 0.3 is 0 Å². The maximum atomic E-state index is 5.70. The predicted octanol–water partition coefficient (Wildman–Crippen LogP) is 1.34. The van der Waals surface area contributed by atoms with Gasteiger partial charge < -0.3 is 15.0 Å². The Morgan fingerprint density at radius 2 is 2.20 bits per heavy atom. The van der Waals surface area contributed by atoms with E-state index in [2.05, 4.69) is 31.1 Å². The lowest BCUT2D eigenvalue weighted by molar-refractivity contribution is 0.0786. The summed E-state index contributed by atoms with van der Waals surface area (Å²) in [4.78, 5) is 2.42. The van der Waals surface area contributed by atoms with Crippen LogP contribution in [0, 0.1) is 5.92 Å². The van der Waals surface area contributed by atoms with Crippen LogP contribution >= 0.6 is 0 Å². The van der Waals surface area contributed by atoms with E-state index in [0.717, 1.165) is 38.6 Å². The van der Waals surface area contributed by atoms with Crippen molar-refractivity contribution >= 4 is 0 Å². The zero-order valence-corrected chi connectivity index (χ0v) is 10.5. The van der Waals surface area contributed by atoms with Crippen LogP contribution in [0.4, 0.5) is 0 Å². The zero-order chi connectivity index (χ0) is 11.1. The van der Waals surface area contributed by atoms with Gasteiger partial charge in [0, 0.05) is 26.2 Å². The molecule has 0 radical (unpaired) electrons. The van der Waals surface area contributed by atoms with Crippen molar-refractivity contribution < 1.29 is 4.74 Å². The Labute approximate surface area is 94.2 Å². The minimum atomic E-state index is 0.506. The molecule has 3 nitrogen and oxygen atoms in total. The van der Waals surface area contributed by atoms with Crippen molar-refractivity contribution in [3.05, 3.63) is 0 Å². The van der Waals surface area contributed by atoms with Gasteiger partial charge in [0.2, 0.25) is 0 Å². The molecule has 1 aliphatic rings. The Morgan fingerprint density at radius 1 is 1.40 bits per heavy atom. The molecule has 0 amide bonds. The van der Waals surface area contributed by atoms with E-state index in [1.165, 1.54) is 13.0 Å². The van der Waals surface area contributed by atoms with Gasteiger partial charge in [-0.2, -0.15) is 0 Å². The van der Waals surface area contributed by atoms with Gasteiger partial charge in [-0.05, 0) is 32.4 Å². The Kier molecular flexibility index (Phi) is 6.22. The third-order valence-electron chi connectivity index (χ3n) is 3.22. The fraction of sp³-hybridized carbons (Fsp3) is 1.00. The van der Waals surface area contributed by atoms with Crippen molar-refractivity contribution in [3.63, 3.8) is 0 Å². The number of nitrogens with one attached hydrogen (secondary N) is 1. The van der Waals surface area contributed by atoms with E-state index in [1.54, 1.807) is 0 Å². The summed E-state index contributed by atoms with van der Waals surface area (Å²) in [5, 5.41) is 3.36. The molecule has 0 saturated carbocycles. The van der Waals surface area contributed by atoms with Crippen LogP contribution in [0.15, 0.2) is 0 Å². The van der Waals surface area contributed by atoms with E-state index in [-0.39, 0.29) is 0 Å².